The summed E-state index contributed by atoms with van der Waals surface area (Å²) in [7, 11) is 0. The second-order valence-corrected chi connectivity index (χ2v) is 5.17. The van der Waals surface area contributed by atoms with Crippen LogP contribution < -0.4 is 4.90 Å². The molecule has 2 amide bonds. The van der Waals surface area contributed by atoms with Gasteiger partial charge in [0.1, 0.15) is 11.3 Å². The van der Waals surface area contributed by atoms with Crippen LogP contribution in [-0.2, 0) is 9.59 Å². The quantitative estimate of drug-likeness (QED) is 0.635. The van der Waals surface area contributed by atoms with Gasteiger partial charge in [-0.25, -0.2) is 9.69 Å². The Balaban J connectivity index is 1.98. The molecule has 0 unspecified atom stereocenters. The predicted octanol–water partition coefficient (Wildman–Crippen LogP) is 1.55. The molecule has 108 valence electrons. The van der Waals surface area contributed by atoms with E-state index in [0.29, 0.717) is 12.8 Å². The maximum Gasteiger partial charge on any atom is 0.339 e. The summed E-state index contributed by atoms with van der Waals surface area (Å²) in [6.07, 6.45) is 4.84. The maximum atomic E-state index is 12.4. The van der Waals surface area contributed by atoms with Crippen LogP contribution in [0.5, 0.6) is 5.75 Å². The summed E-state index contributed by atoms with van der Waals surface area (Å²) in [5, 5.41) is 18.6. The highest BCUT2D eigenvalue weighted by Crippen LogP contribution is 2.38. The van der Waals surface area contributed by atoms with Crippen molar-refractivity contribution in [1.29, 1.82) is 0 Å². The van der Waals surface area contributed by atoms with E-state index in [0.717, 1.165) is 11.0 Å². The third-order valence-electron chi connectivity index (χ3n) is 3.98. The van der Waals surface area contributed by atoms with Crippen molar-refractivity contribution in [2.45, 2.75) is 12.8 Å². The van der Waals surface area contributed by atoms with Crippen LogP contribution in [0.3, 0.4) is 0 Å². The van der Waals surface area contributed by atoms with Crippen LogP contribution in [0.25, 0.3) is 0 Å². The third-order valence-corrected chi connectivity index (χ3v) is 3.98. The van der Waals surface area contributed by atoms with Gasteiger partial charge >= 0.3 is 5.97 Å². The van der Waals surface area contributed by atoms with Gasteiger partial charge in [-0.15, -0.1) is 0 Å². The van der Waals surface area contributed by atoms with Crippen LogP contribution in [0.15, 0.2) is 30.4 Å². The zero-order chi connectivity index (χ0) is 15.1. The largest absolute Gasteiger partial charge is 0.507 e. The second kappa shape index (κ2) is 4.73. The third kappa shape index (κ3) is 1.99. The van der Waals surface area contributed by atoms with Gasteiger partial charge in [0, 0.05) is 6.07 Å². The zero-order valence-corrected chi connectivity index (χ0v) is 11.0. The van der Waals surface area contributed by atoms with Crippen LogP contribution in [0, 0.1) is 11.8 Å². The molecule has 1 heterocycles. The first-order valence-corrected chi connectivity index (χ1v) is 6.60. The van der Waals surface area contributed by atoms with Crippen molar-refractivity contribution in [2.75, 3.05) is 4.90 Å². The molecule has 0 spiro atoms. The van der Waals surface area contributed by atoms with E-state index in [9.17, 15) is 19.5 Å². The average Bonchev–Trinajstić information content (AvgIpc) is 2.71. The van der Waals surface area contributed by atoms with E-state index in [-0.39, 0.29) is 34.9 Å². The van der Waals surface area contributed by atoms with Crippen molar-refractivity contribution in [3.05, 3.63) is 35.9 Å². The summed E-state index contributed by atoms with van der Waals surface area (Å²) >= 11 is 0. The molecule has 1 aliphatic carbocycles. The minimum Gasteiger partial charge on any atom is -0.507 e. The number of aromatic carboxylic acids is 1. The van der Waals surface area contributed by atoms with Gasteiger partial charge in [-0.2, -0.15) is 0 Å². The second-order valence-electron chi connectivity index (χ2n) is 5.17. The molecule has 0 aromatic heterocycles. The Bertz CT molecular complexity index is 653. The molecule has 1 aromatic rings. The van der Waals surface area contributed by atoms with Crippen LogP contribution in [0.4, 0.5) is 5.69 Å². The summed E-state index contributed by atoms with van der Waals surface area (Å²) < 4.78 is 0. The molecule has 6 nitrogen and oxygen atoms in total. The molecule has 0 saturated carbocycles. The Hall–Kier alpha value is -2.63. The summed E-state index contributed by atoms with van der Waals surface area (Å²) in [4.78, 5) is 36.6. The molecule has 2 atom stereocenters. The molecule has 6 heteroatoms. The minimum absolute atomic E-state index is 0.210. The number of carboxylic acids is 1. The molecule has 1 aliphatic heterocycles. The highest BCUT2D eigenvalue weighted by Gasteiger charge is 2.47. The first kappa shape index (κ1) is 13.4. The normalized spacial score (nSPS) is 24.3. The summed E-state index contributed by atoms with van der Waals surface area (Å²) in [6, 6.07) is 3.70. The molecule has 1 saturated heterocycles. The average molecular weight is 287 g/mol. The number of rotatable bonds is 2. The lowest BCUT2D eigenvalue weighted by atomic mass is 9.85. The van der Waals surface area contributed by atoms with Crippen LogP contribution in [0.2, 0.25) is 0 Å². The number of fused-ring (bicyclic) bond motifs is 1. The molecule has 2 aliphatic rings. The zero-order valence-electron chi connectivity index (χ0n) is 11.0. The van der Waals surface area contributed by atoms with Gasteiger partial charge in [0.2, 0.25) is 11.8 Å². The first-order chi connectivity index (χ1) is 10.0. The SMILES string of the molecule is O=C(O)c1ccc(N2C(=O)[C@H]3CC=CC[C@H]3C2=O)cc1O. The monoisotopic (exact) mass is 287 g/mol. The number of allylic oxidation sites excluding steroid dienone is 2. The van der Waals surface area contributed by atoms with E-state index in [2.05, 4.69) is 0 Å². The number of carbonyl (C=O) groups excluding carboxylic acids is 2. The number of aromatic hydroxyl groups is 1. The standard InChI is InChI=1S/C15H13NO5/c17-12-7-8(5-6-11(12)15(20)21)16-13(18)9-3-1-2-4-10(9)14(16)19/h1-2,5-7,9-10,17H,3-4H2,(H,20,21)/t9-,10+. The van der Waals surface area contributed by atoms with Gasteiger partial charge in [-0.1, -0.05) is 12.2 Å². The van der Waals surface area contributed by atoms with E-state index in [1.54, 1.807) is 0 Å². The van der Waals surface area contributed by atoms with Gasteiger partial charge in [0.05, 0.1) is 17.5 Å². The van der Waals surface area contributed by atoms with Crippen molar-refractivity contribution in [2.24, 2.45) is 11.8 Å². The van der Waals surface area contributed by atoms with Crippen LogP contribution >= 0.6 is 0 Å². The number of imide groups is 1. The number of carboxylic acid groups (broad SMARTS) is 1. The lowest BCUT2D eigenvalue weighted by Gasteiger charge is -2.15. The first-order valence-electron chi connectivity index (χ1n) is 6.60. The molecule has 1 aromatic carbocycles. The minimum atomic E-state index is -1.27. The van der Waals surface area contributed by atoms with Crippen LogP contribution in [-0.4, -0.2) is 28.0 Å². The molecule has 0 bridgehead atoms. The Labute approximate surface area is 120 Å². The Morgan fingerprint density at radius 3 is 2.14 bits per heavy atom. The van der Waals surface area contributed by atoms with Gasteiger partial charge in [-0.3, -0.25) is 9.59 Å². The number of hydrogen-bond donors (Lipinski definition) is 2. The predicted molar refractivity (Wildman–Crippen MR) is 72.9 cm³/mol. The molecular formula is C15H13NO5. The van der Waals surface area contributed by atoms with Crippen LogP contribution in [0.1, 0.15) is 23.2 Å². The lowest BCUT2D eigenvalue weighted by Crippen LogP contribution is -2.30. The Morgan fingerprint density at radius 2 is 1.67 bits per heavy atom. The van der Waals surface area contributed by atoms with Gasteiger partial charge in [0.15, 0.2) is 0 Å². The van der Waals surface area contributed by atoms with Crippen molar-refractivity contribution >= 4 is 23.5 Å². The van der Waals surface area contributed by atoms with E-state index in [4.69, 9.17) is 5.11 Å². The molecule has 3 rings (SSSR count). The number of benzene rings is 1. The lowest BCUT2D eigenvalue weighted by molar-refractivity contribution is -0.122. The number of anilines is 1. The Morgan fingerprint density at radius 1 is 1.10 bits per heavy atom. The van der Waals surface area contributed by atoms with Crippen molar-refractivity contribution < 1.29 is 24.6 Å². The summed E-state index contributed by atoms with van der Waals surface area (Å²) in [5.41, 5.74) is -0.0566. The fourth-order valence-electron chi connectivity index (χ4n) is 2.89. The maximum absolute atomic E-state index is 12.4. The number of phenols is 1. The molecule has 1 fully saturated rings. The number of carbonyl (C=O) groups is 3. The van der Waals surface area contributed by atoms with E-state index >= 15 is 0 Å². The van der Waals surface area contributed by atoms with Gasteiger partial charge < -0.3 is 10.2 Å². The van der Waals surface area contributed by atoms with Gasteiger partial charge in [-0.05, 0) is 25.0 Å². The molecule has 0 radical (unpaired) electrons. The number of amides is 2. The molecule has 2 N–H and O–H groups in total. The molecule has 21 heavy (non-hydrogen) atoms. The smallest absolute Gasteiger partial charge is 0.339 e. The fourth-order valence-corrected chi connectivity index (χ4v) is 2.89. The van der Waals surface area contributed by atoms with E-state index in [1.807, 2.05) is 12.2 Å². The summed E-state index contributed by atoms with van der Waals surface area (Å²) in [6.45, 7) is 0. The summed E-state index contributed by atoms with van der Waals surface area (Å²) in [5.74, 6) is -3.04. The van der Waals surface area contributed by atoms with E-state index < -0.39 is 11.7 Å². The van der Waals surface area contributed by atoms with E-state index in [1.165, 1.54) is 12.1 Å². The Kier molecular flexibility index (Phi) is 3.01. The number of hydrogen-bond acceptors (Lipinski definition) is 4. The highest BCUT2D eigenvalue weighted by atomic mass is 16.4. The fraction of sp³-hybridized carbons (Fsp3) is 0.267. The topological polar surface area (TPSA) is 94.9 Å². The van der Waals surface area contributed by atoms with Crippen molar-refractivity contribution in [3.63, 3.8) is 0 Å². The van der Waals surface area contributed by atoms with Gasteiger partial charge in [0.25, 0.3) is 0 Å². The van der Waals surface area contributed by atoms with Crippen molar-refractivity contribution in [1.82, 2.24) is 0 Å². The molecular weight excluding hydrogens is 274 g/mol. The van der Waals surface area contributed by atoms with Crippen molar-refractivity contribution in [3.8, 4) is 5.75 Å². The highest BCUT2D eigenvalue weighted by molar-refractivity contribution is 6.22. The number of nitrogens with zero attached hydrogens (tertiary/aromatic N) is 1.